The van der Waals surface area contributed by atoms with Crippen molar-refractivity contribution >= 4 is 46.2 Å². The minimum atomic E-state index is -0.906. The van der Waals surface area contributed by atoms with E-state index in [9.17, 15) is 9.59 Å². The van der Waals surface area contributed by atoms with Crippen molar-refractivity contribution in [2.45, 2.75) is 19.8 Å². The first-order valence-corrected chi connectivity index (χ1v) is 8.76. The van der Waals surface area contributed by atoms with Crippen LogP contribution in [0.3, 0.4) is 0 Å². The summed E-state index contributed by atoms with van der Waals surface area (Å²) in [7, 11) is 0. The van der Waals surface area contributed by atoms with Gasteiger partial charge in [0, 0.05) is 18.5 Å². The number of likely N-dealkylation sites (N-methyl/N-ethyl adjacent to an activating group) is 1. The van der Waals surface area contributed by atoms with Crippen molar-refractivity contribution in [3.05, 3.63) is 27.5 Å². The van der Waals surface area contributed by atoms with Crippen molar-refractivity contribution in [1.29, 1.82) is 0 Å². The molecule has 0 saturated heterocycles. The maximum absolute atomic E-state index is 12.2. The summed E-state index contributed by atoms with van der Waals surface area (Å²) < 4.78 is 0.702. The standard InChI is InChI=1S/C14H15ClN2O3S2/c1-2-17(6-5-13(19)20)12(18)7-9-8-21-14(16-9)10-3-4-11(15)22-10/h3-4,8H,2,5-7H2,1H3,(H,19,20). The zero-order valence-corrected chi connectivity index (χ0v) is 14.3. The Morgan fingerprint density at radius 2 is 2.18 bits per heavy atom. The Bertz CT molecular complexity index is 669. The number of amides is 1. The third kappa shape index (κ3) is 4.53. The third-order valence-corrected chi connectivity index (χ3v) is 5.29. The van der Waals surface area contributed by atoms with E-state index in [1.165, 1.54) is 27.6 Å². The molecule has 0 aliphatic carbocycles. The Hall–Kier alpha value is -1.44. The van der Waals surface area contributed by atoms with E-state index in [2.05, 4.69) is 4.98 Å². The lowest BCUT2D eigenvalue weighted by atomic mass is 10.2. The second-order valence-electron chi connectivity index (χ2n) is 4.54. The van der Waals surface area contributed by atoms with Crippen molar-refractivity contribution in [3.8, 4) is 9.88 Å². The lowest BCUT2D eigenvalue weighted by Crippen LogP contribution is -2.34. The van der Waals surface area contributed by atoms with Crippen LogP contribution in [-0.2, 0) is 16.0 Å². The van der Waals surface area contributed by atoms with E-state index >= 15 is 0 Å². The molecule has 0 atom stereocenters. The SMILES string of the molecule is CCN(CCC(=O)O)C(=O)Cc1csc(-c2ccc(Cl)s2)n1. The molecule has 22 heavy (non-hydrogen) atoms. The summed E-state index contributed by atoms with van der Waals surface area (Å²) in [5.74, 6) is -1.01. The highest BCUT2D eigenvalue weighted by Gasteiger charge is 2.16. The van der Waals surface area contributed by atoms with Gasteiger partial charge in [-0.1, -0.05) is 11.6 Å². The van der Waals surface area contributed by atoms with E-state index in [0.717, 1.165) is 9.88 Å². The van der Waals surface area contributed by atoms with Crippen molar-refractivity contribution in [2.24, 2.45) is 0 Å². The highest BCUT2D eigenvalue weighted by atomic mass is 35.5. The van der Waals surface area contributed by atoms with E-state index in [4.69, 9.17) is 16.7 Å². The molecule has 0 radical (unpaired) electrons. The van der Waals surface area contributed by atoms with Gasteiger partial charge >= 0.3 is 5.97 Å². The monoisotopic (exact) mass is 358 g/mol. The summed E-state index contributed by atoms with van der Waals surface area (Å²) in [6.45, 7) is 2.55. The number of aliphatic carboxylic acids is 1. The number of hydrogen-bond acceptors (Lipinski definition) is 5. The quantitative estimate of drug-likeness (QED) is 0.823. The van der Waals surface area contributed by atoms with Crippen molar-refractivity contribution < 1.29 is 14.7 Å². The average molecular weight is 359 g/mol. The van der Waals surface area contributed by atoms with Crippen molar-refractivity contribution in [3.63, 3.8) is 0 Å². The molecule has 0 unspecified atom stereocenters. The van der Waals surface area contributed by atoms with Crippen LogP contribution < -0.4 is 0 Å². The molecule has 0 bridgehead atoms. The first kappa shape index (κ1) is 16.9. The Morgan fingerprint density at radius 1 is 1.41 bits per heavy atom. The first-order chi connectivity index (χ1) is 10.5. The molecule has 0 fully saturated rings. The van der Waals surface area contributed by atoms with Crippen LogP contribution in [0.15, 0.2) is 17.5 Å². The summed E-state index contributed by atoms with van der Waals surface area (Å²) >= 11 is 8.83. The number of hydrogen-bond donors (Lipinski definition) is 1. The second kappa shape index (κ2) is 7.71. The molecule has 2 aromatic heterocycles. The Labute approximate surface area is 141 Å². The number of carboxylic acids is 1. The summed E-state index contributed by atoms with van der Waals surface area (Å²) in [5.41, 5.74) is 0.697. The number of carbonyl (C=O) groups excluding carboxylic acids is 1. The fourth-order valence-electron chi connectivity index (χ4n) is 1.89. The maximum Gasteiger partial charge on any atom is 0.305 e. The molecular formula is C14H15ClN2O3S2. The Balaban J connectivity index is 1.99. The number of rotatable bonds is 7. The van der Waals surface area contributed by atoms with Gasteiger partial charge in [-0.05, 0) is 19.1 Å². The minimum absolute atomic E-state index is 0.0460. The van der Waals surface area contributed by atoms with Crippen molar-refractivity contribution in [1.82, 2.24) is 9.88 Å². The fourth-order valence-corrected chi connectivity index (χ4v) is 3.82. The fraction of sp³-hybridized carbons (Fsp3) is 0.357. The Kier molecular flexibility index (Phi) is 5.93. The molecule has 1 N–H and O–H groups in total. The molecule has 2 heterocycles. The molecule has 2 aromatic rings. The highest BCUT2D eigenvalue weighted by Crippen LogP contribution is 2.33. The van der Waals surface area contributed by atoms with Crippen LogP contribution in [-0.4, -0.2) is 40.0 Å². The molecule has 2 rings (SSSR count). The lowest BCUT2D eigenvalue weighted by Gasteiger charge is -2.19. The summed E-state index contributed by atoms with van der Waals surface area (Å²) in [6.07, 6.45) is 0.138. The summed E-state index contributed by atoms with van der Waals surface area (Å²) in [4.78, 5) is 29.8. The number of halogens is 1. The van der Waals surface area contributed by atoms with E-state index in [1.54, 1.807) is 0 Å². The van der Waals surface area contributed by atoms with Crippen LogP contribution in [0.4, 0.5) is 0 Å². The second-order valence-corrected chi connectivity index (χ2v) is 7.11. The van der Waals surface area contributed by atoms with Gasteiger partial charge in [0.05, 0.1) is 27.7 Å². The maximum atomic E-state index is 12.2. The van der Waals surface area contributed by atoms with Crippen LogP contribution >= 0.6 is 34.3 Å². The number of aromatic nitrogens is 1. The number of carbonyl (C=O) groups is 2. The third-order valence-electron chi connectivity index (χ3n) is 3.00. The van der Waals surface area contributed by atoms with Crippen LogP contribution in [0.2, 0.25) is 4.34 Å². The Morgan fingerprint density at radius 3 is 2.77 bits per heavy atom. The van der Waals surface area contributed by atoms with Crippen LogP contribution in [0.5, 0.6) is 0 Å². The molecule has 0 saturated carbocycles. The summed E-state index contributed by atoms with van der Waals surface area (Å²) in [5, 5.41) is 11.4. The minimum Gasteiger partial charge on any atom is -0.481 e. The van der Waals surface area contributed by atoms with Gasteiger partial charge in [0.2, 0.25) is 5.91 Å². The largest absolute Gasteiger partial charge is 0.481 e. The van der Waals surface area contributed by atoms with E-state index in [1.807, 2.05) is 24.4 Å². The number of nitrogens with zero attached hydrogens (tertiary/aromatic N) is 2. The number of thiophene rings is 1. The van der Waals surface area contributed by atoms with Gasteiger partial charge in [-0.3, -0.25) is 9.59 Å². The molecule has 1 amide bonds. The molecule has 0 aromatic carbocycles. The predicted octanol–water partition coefficient (Wildman–Crippen LogP) is 3.39. The zero-order chi connectivity index (χ0) is 16.1. The van der Waals surface area contributed by atoms with E-state index in [-0.39, 0.29) is 25.3 Å². The van der Waals surface area contributed by atoms with Crippen LogP contribution in [0.25, 0.3) is 9.88 Å². The molecule has 5 nitrogen and oxygen atoms in total. The van der Waals surface area contributed by atoms with Crippen LogP contribution in [0.1, 0.15) is 19.0 Å². The van der Waals surface area contributed by atoms with E-state index < -0.39 is 5.97 Å². The topological polar surface area (TPSA) is 70.5 Å². The number of thiazole rings is 1. The zero-order valence-electron chi connectivity index (χ0n) is 11.9. The molecule has 0 aliphatic heterocycles. The van der Waals surface area contributed by atoms with Gasteiger partial charge in [0.1, 0.15) is 5.01 Å². The highest BCUT2D eigenvalue weighted by molar-refractivity contribution is 7.23. The number of carboxylic acid groups (broad SMARTS) is 1. The van der Waals surface area contributed by atoms with Gasteiger partial charge in [-0.25, -0.2) is 4.98 Å². The van der Waals surface area contributed by atoms with Gasteiger partial charge < -0.3 is 10.0 Å². The van der Waals surface area contributed by atoms with Gasteiger partial charge in [-0.15, -0.1) is 22.7 Å². The lowest BCUT2D eigenvalue weighted by molar-refractivity contribution is -0.138. The molecule has 8 heteroatoms. The molecule has 118 valence electrons. The smallest absolute Gasteiger partial charge is 0.305 e. The van der Waals surface area contributed by atoms with E-state index in [0.29, 0.717) is 16.6 Å². The molecular weight excluding hydrogens is 344 g/mol. The molecule has 0 aliphatic rings. The van der Waals surface area contributed by atoms with Gasteiger partial charge in [0.25, 0.3) is 0 Å². The van der Waals surface area contributed by atoms with Crippen LogP contribution in [0, 0.1) is 0 Å². The normalized spacial score (nSPS) is 10.6. The average Bonchev–Trinajstić information content (AvgIpc) is 3.08. The summed E-state index contributed by atoms with van der Waals surface area (Å²) in [6, 6.07) is 3.72. The van der Waals surface area contributed by atoms with Gasteiger partial charge in [0.15, 0.2) is 0 Å². The molecule has 0 spiro atoms. The predicted molar refractivity (Wildman–Crippen MR) is 88.6 cm³/mol. The van der Waals surface area contributed by atoms with Gasteiger partial charge in [-0.2, -0.15) is 0 Å². The van der Waals surface area contributed by atoms with Crippen molar-refractivity contribution in [2.75, 3.05) is 13.1 Å². The first-order valence-electron chi connectivity index (χ1n) is 6.69.